The van der Waals surface area contributed by atoms with E-state index in [-0.39, 0.29) is 11.7 Å². The lowest BCUT2D eigenvalue weighted by atomic mass is 10.00. The highest BCUT2D eigenvalue weighted by Gasteiger charge is 2.35. The molecule has 0 heterocycles. The summed E-state index contributed by atoms with van der Waals surface area (Å²) in [6.45, 7) is 1.11. The molecule has 7 nitrogen and oxygen atoms in total. The molecule has 0 aliphatic heterocycles. The van der Waals surface area contributed by atoms with Crippen molar-refractivity contribution >= 4 is 35.2 Å². The van der Waals surface area contributed by atoms with Crippen LogP contribution in [0.5, 0.6) is 0 Å². The Morgan fingerprint density at radius 2 is 1.89 bits per heavy atom. The van der Waals surface area contributed by atoms with Gasteiger partial charge in [0.1, 0.15) is 16.6 Å². The molecular formula is C19H22FN3O4S. The Balaban J connectivity index is 1.69. The molecule has 1 saturated carbocycles. The van der Waals surface area contributed by atoms with Gasteiger partial charge in [-0.15, -0.1) is 11.8 Å². The van der Waals surface area contributed by atoms with E-state index in [2.05, 4.69) is 16.7 Å². The van der Waals surface area contributed by atoms with Gasteiger partial charge in [0.25, 0.3) is 5.91 Å². The smallest absolute Gasteiger partial charge is 0.319 e. The number of rotatable bonds is 8. The zero-order valence-corrected chi connectivity index (χ0v) is 16.3. The van der Waals surface area contributed by atoms with E-state index in [9.17, 15) is 24.0 Å². The van der Waals surface area contributed by atoms with Crippen LogP contribution < -0.4 is 10.6 Å². The van der Waals surface area contributed by atoms with E-state index >= 15 is 0 Å². The lowest BCUT2D eigenvalue weighted by Crippen LogP contribution is -2.47. The van der Waals surface area contributed by atoms with Crippen molar-refractivity contribution in [2.75, 3.05) is 17.7 Å². The first kappa shape index (κ1) is 21.7. The molecule has 2 N–H and O–H groups in total. The van der Waals surface area contributed by atoms with Crippen molar-refractivity contribution in [3.63, 3.8) is 0 Å². The van der Waals surface area contributed by atoms with Gasteiger partial charge in [0, 0.05) is 5.69 Å². The number of nitrogens with one attached hydrogen (secondary N) is 2. The minimum Gasteiger partial charge on any atom is -0.455 e. The summed E-state index contributed by atoms with van der Waals surface area (Å²) in [7, 11) is 0. The third kappa shape index (κ3) is 6.53. The number of nitrogens with zero attached hydrogens (tertiary/aromatic N) is 1. The van der Waals surface area contributed by atoms with E-state index in [4.69, 9.17) is 4.74 Å². The second-order valence-electron chi connectivity index (χ2n) is 6.57. The quantitative estimate of drug-likeness (QED) is 0.641. The number of thioether (sulfide) groups is 1. The van der Waals surface area contributed by atoms with E-state index in [1.807, 2.05) is 0 Å². The number of carbonyl (C=O) groups excluding carboxylic acids is 3. The number of anilines is 1. The van der Waals surface area contributed by atoms with Gasteiger partial charge in [0.05, 0.1) is 11.8 Å². The molecule has 2 rings (SSSR count). The summed E-state index contributed by atoms with van der Waals surface area (Å²) in [4.78, 5) is 35.8. The average molecular weight is 407 g/mol. The summed E-state index contributed by atoms with van der Waals surface area (Å²) in [5.41, 5.74) is -0.403. The first-order chi connectivity index (χ1) is 13.3. The van der Waals surface area contributed by atoms with Gasteiger partial charge in [-0.2, -0.15) is 5.26 Å². The Kier molecular flexibility index (Phi) is 7.81. The van der Waals surface area contributed by atoms with Crippen molar-refractivity contribution in [2.45, 2.75) is 43.4 Å². The van der Waals surface area contributed by atoms with Gasteiger partial charge >= 0.3 is 5.97 Å². The first-order valence-corrected chi connectivity index (χ1v) is 9.94. The van der Waals surface area contributed by atoms with E-state index in [0.717, 1.165) is 24.6 Å². The molecule has 28 heavy (non-hydrogen) atoms. The predicted octanol–water partition coefficient (Wildman–Crippen LogP) is 2.38. The number of amides is 2. The molecule has 0 radical (unpaired) electrons. The van der Waals surface area contributed by atoms with Crippen LogP contribution in [0.4, 0.5) is 10.1 Å². The summed E-state index contributed by atoms with van der Waals surface area (Å²) in [5.74, 6) is -1.87. The Morgan fingerprint density at radius 3 is 2.50 bits per heavy atom. The number of carbonyl (C=O) groups is 3. The molecular weight excluding hydrogens is 385 g/mol. The molecule has 1 fully saturated rings. The van der Waals surface area contributed by atoms with Crippen molar-refractivity contribution in [3.8, 4) is 6.07 Å². The summed E-state index contributed by atoms with van der Waals surface area (Å²) >= 11 is 1.06. The van der Waals surface area contributed by atoms with Crippen LogP contribution in [0.2, 0.25) is 0 Å². The van der Waals surface area contributed by atoms with Gasteiger partial charge in [-0.3, -0.25) is 14.4 Å². The molecule has 0 bridgehead atoms. The highest BCUT2D eigenvalue weighted by atomic mass is 32.2. The zero-order chi connectivity index (χ0) is 20.6. The van der Waals surface area contributed by atoms with Crippen molar-refractivity contribution in [1.82, 2.24) is 5.32 Å². The van der Waals surface area contributed by atoms with Crippen molar-refractivity contribution in [3.05, 3.63) is 30.1 Å². The molecule has 1 aromatic carbocycles. The fourth-order valence-electron chi connectivity index (χ4n) is 2.80. The maximum atomic E-state index is 12.8. The first-order valence-electron chi connectivity index (χ1n) is 8.89. The van der Waals surface area contributed by atoms with Gasteiger partial charge in [0.2, 0.25) is 5.91 Å². The fraction of sp³-hybridized carbons (Fsp3) is 0.474. The Labute approximate surface area is 167 Å². The van der Waals surface area contributed by atoms with E-state index in [1.165, 1.54) is 24.3 Å². The highest BCUT2D eigenvalue weighted by molar-refractivity contribution is 8.01. The molecule has 2 amide bonds. The summed E-state index contributed by atoms with van der Waals surface area (Å²) in [5, 5.41) is 13.8. The molecule has 1 unspecified atom stereocenters. The van der Waals surface area contributed by atoms with Crippen LogP contribution in [0.15, 0.2) is 24.3 Å². The number of hydrogen-bond donors (Lipinski definition) is 2. The number of ether oxygens (including phenoxy) is 1. The molecule has 0 aromatic heterocycles. The second kappa shape index (κ2) is 10.1. The zero-order valence-electron chi connectivity index (χ0n) is 15.5. The van der Waals surface area contributed by atoms with Crippen LogP contribution in [0.3, 0.4) is 0 Å². The van der Waals surface area contributed by atoms with Gasteiger partial charge in [0.15, 0.2) is 6.61 Å². The van der Waals surface area contributed by atoms with E-state index in [0.29, 0.717) is 18.5 Å². The largest absolute Gasteiger partial charge is 0.455 e. The molecule has 1 aliphatic carbocycles. The Morgan fingerprint density at radius 1 is 1.25 bits per heavy atom. The summed E-state index contributed by atoms with van der Waals surface area (Å²) in [6.07, 6.45) is 2.94. The van der Waals surface area contributed by atoms with Crippen molar-refractivity contribution in [2.24, 2.45) is 0 Å². The summed E-state index contributed by atoms with van der Waals surface area (Å²) < 4.78 is 17.8. The lowest BCUT2D eigenvalue weighted by Gasteiger charge is -2.22. The molecule has 9 heteroatoms. The van der Waals surface area contributed by atoms with Crippen LogP contribution in [0.1, 0.15) is 32.6 Å². The standard InChI is InChI=1S/C19H22FN3O4S/c1-13(28-11-17(25)22-15-6-4-14(20)5-7-15)18(26)27-10-16(24)23-19(12-21)8-2-3-9-19/h4-7,13H,2-3,8-11H2,1H3,(H,22,25)(H,23,24). The van der Waals surface area contributed by atoms with Crippen LogP contribution in [0, 0.1) is 17.1 Å². The number of benzene rings is 1. The highest BCUT2D eigenvalue weighted by Crippen LogP contribution is 2.28. The van der Waals surface area contributed by atoms with Gasteiger partial charge in [-0.1, -0.05) is 0 Å². The lowest BCUT2D eigenvalue weighted by molar-refractivity contribution is -0.148. The minimum absolute atomic E-state index is 0.00260. The predicted molar refractivity (Wildman–Crippen MR) is 103 cm³/mol. The van der Waals surface area contributed by atoms with Gasteiger partial charge < -0.3 is 15.4 Å². The monoisotopic (exact) mass is 407 g/mol. The Bertz CT molecular complexity index is 757. The SMILES string of the molecule is CC(SCC(=O)Nc1ccc(F)cc1)C(=O)OCC(=O)NC1(C#N)CCCC1. The number of hydrogen-bond acceptors (Lipinski definition) is 6. The number of esters is 1. The molecule has 150 valence electrons. The molecule has 1 aliphatic rings. The second-order valence-corrected chi connectivity index (χ2v) is 7.89. The van der Waals surface area contributed by atoms with E-state index in [1.54, 1.807) is 6.92 Å². The minimum atomic E-state index is -0.859. The van der Waals surface area contributed by atoms with Gasteiger partial charge in [-0.05, 0) is 56.9 Å². The maximum absolute atomic E-state index is 12.8. The molecule has 0 spiro atoms. The maximum Gasteiger partial charge on any atom is 0.319 e. The topological polar surface area (TPSA) is 108 Å². The fourth-order valence-corrected chi connectivity index (χ4v) is 3.48. The third-order valence-corrected chi connectivity index (χ3v) is 5.44. The summed E-state index contributed by atoms with van der Waals surface area (Å²) in [6, 6.07) is 7.47. The number of halogens is 1. The molecule has 1 atom stereocenters. The van der Waals surface area contributed by atoms with Crippen LogP contribution in [-0.2, 0) is 19.1 Å². The van der Waals surface area contributed by atoms with Gasteiger partial charge in [-0.25, -0.2) is 4.39 Å². The van der Waals surface area contributed by atoms with Crippen LogP contribution in [0.25, 0.3) is 0 Å². The molecule has 0 saturated heterocycles. The van der Waals surface area contributed by atoms with Crippen LogP contribution in [-0.4, -0.2) is 40.9 Å². The van der Waals surface area contributed by atoms with E-state index < -0.39 is 35.1 Å². The Hall–Kier alpha value is -2.60. The average Bonchev–Trinajstić information content (AvgIpc) is 3.15. The third-order valence-electron chi connectivity index (χ3n) is 4.32. The van der Waals surface area contributed by atoms with Crippen molar-refractivity contribution < 1.29 is 23.5 Å². The van der Waals surface area contributed by atoms with Crippen molar-refractivity contribution in [1.29, 1.82) is 5.26 Å². The molecule has 1 aromatic rings. The van der Waals surface area contributed by atoms with Crippen LogP contribution >= 0.6 is 11.8 Å². The number of nitriles is 1. The normalized spacial score (nSPS) is 15.9.